The van der Waals surface area contributed by atoms with Gasteiger partial charge in [-0.05, 0) is 24.3 Å². The minimum atomic E-state index is -0.241. The van der Waals surface area contributed by atoms with Gasteiger partial charge in [-0.1, -0.05) is 11.8 Å². The second-order valence-electron chi connectivity index (χ2n) is 5.78. The quantitative estimate of drug-likeness (QED) is 0.626. The van der Waals surface area contributed by atoms with Gasteiger partial charge in [0.05, 0.1) is 19.4 Å². The number of hydrogen-bond donors (Lipinski definition) is 1. The normalized spacial score (nSPS) is 10.4. The molecular weight excluding hydrogens is 370 g/mol. The first-order chi connectivity index (χ1) is 12.9. The van der Waals surface area contributed by atoms with Crippen molar-refractivity contribution in [3.8, 4) is 11.5 Å². The Bertz CT molecular complexity index is 776. The Hall–Kier alpha value is -2.75. The second-order valence-corrected chi connectivity index (χ2v) is 6.72. The number of likely N-dealkylation sites (N-methyl/N-ethyl adjacent to an activating group) is 1. The smallest absolute Gasteiger partial charge is 0.241 e. The molecule has 27 heavy (non-hydrogen) atoms. The van der Waals surface area contributed by atoms with Crippen molar-refractivity contribution in [2.75, 3.05) is 33.5 Å². The lowest BCUT2D eigenvalue weighted by Crippen LogP contribution is -2.37. The first-order valence-electron chi connectivity index (χ1n) is 8.15. The summed E-state index contributed by atoms with van der Waals surface area (Å²) < 4.78 is 12.6. The molecule has 0 unspecified atom stereocenters. The third-order valence-corrected chi connectivity index (χ3v) is 4.64. The maximum Gasteiger partial charge on any atom is 0.241 e. The van der Waals surface area contributed by atoms with E-state index < -0.39 is 0 Å². The van der Waals surface area contributed by atoms with Crippen molar-refractivity contribution in [3.63, 3.8) is 0 Å². The largest absolute Gasteiger partial charge is 0.497 e. The van der Waals surface area contributed by atoms with Crippen LogP contribution >= 0.6 is 11.8 Å². The van der Waals surface area contributed by atoms with E-state index in [4.69, 9.17) is 9.47 Å². The van der Waals surface area contributed by atoms with Crippen LogP contribution in [-0.4, -0.2) is 65.0 Å². The van der Waals surface area contributed by atoms with Crippen molar-refractivity contribution >= 4 is 23.6 Å². The first-order valence-corrected chi connectivity index (χ1v) is 9.14. The molecule has 1 heterocycles. The standard InChI is InChI=1S/C17H23N5O4S/c1-21(2)16(24)9-18-15(23)11-27-17-20-19-14(22(17)3)10-26-13-7-5-12(25-4)6-8-13/h5-8H,9-11H2,1-4H3,(H,18,23). The molecule has 0 saturated carbocycles. The number of rotatable bonds is 9. The lowest BCUT2D eigenvalue weighted by atomic mass is 10.3. The van der Waals surface area contributed by atoms with Crippen molar-refractivity contribution in [2.45, 2.75) is 11.8 Å². The Morgan fingerprint density at radius 2 is 1.85 bits per heavy atom. The SMILES string of the molecule is COc1ccc(OCc2nnc(SCC(=O)NCC(=O)N(C)C)n2C)cc1. The summed E-state index contributed by atoms with van der Waals surface area (Å²) in [6, 6.07) is 7.24. The average molecular weight is 393 g/mol. The predicted octanol–water partition coefficient (Wildman–Crippen LogP) is 0.699. The molecule has 1 aromatic carbocycles. The third-order valence-electron chi connectivity index (χ3n) is 3.62. The van der Waals surface area contributed by atoms with Crippen LogP contribution in [0.3, 0.4) is 0 Å². The van der Waals surface area contributed by atoms with Gasteiger partial charge in [-0.15, -0.1) is 10.2 Å². The van der Waals surface area contributed by atoms with Gasteiger partial charge in [-0.3, -0.25) is 9.59 Å². The van der Waals surface area contributed by atoms with E-state index in [-0.39, 0.29) is 30.7 Å². The molecule has 2 amide bonds. The number of nitrogens with one attached hydrogen (secondary N) is 1. The van der Waals surface area contributed by atoms with Crippen LogP contribution in [0.25, 0.3) is 0 Å². The molecule has 0 atom stereocenters. The summed E-state index contributed by atoms with van der Waals surface area (Å²) in [5.41, 5.74) is 0. The van der Waals surface area contributed by atoms with Gasteiger partial charge < -0.3 is 24.3 Å². The van der Waals surface area contributed by atoms with Crippen molar-refractivity contribution in [3.05, 3.63) is 30.1 Å². The number of benzene rings is 1. The fraction of sp³-hybridized carbons (Fsp3) is 0.412. The minimum Gasteiger partial charge on any atom is -0.497 e. The highest BCUT2D eigenvalue weighted by Crippen LogP contribution is 2.19. The first kappa shape index (κ1) is 20.6. The second kappa shape index (κ2) is 9.81. The molecule has 1 N–H and O–H groups in total. The van der Waals surface area contributed by atoms with Crippen LogP contribution in [0.5, 0.6) is 11.5 Å². The lowest BCUT2D eigenvalue weighted by Gasteiger charge is -2.10. The Morgan fingerprint density at radius 3 is 2.48 bits per heavy atom. The maximum atomic E-state index is 11.8. The van der Waals surface area contributed by atoms with Crippen LogP contribution < -0.4 is 14.8 Å². The van der Waals surface area contributed by atoms with Crippen LogP contribution in [0.4, 0.5) is 0 Å². The monoisotopic (exact) mass is 393 g/mol. The molecule has 10 heteroatoms. The van der Waals surface area contributed by atoms with E-state index in [9.17, 15) is 9.59 Å². The van der Waals surface area contributed by atoms with Crippen molar-refractivity contribution in [1.29, 1.82) is 0 Å². The number of hydrogen-bond acceptors (Lipinski definition) is 7. The molecule has 0 aliphatic heterocycles. The van der Waals surface area contributed by atoms with Crippen molar-refractivity contribution in [2.24, 2.45) is 7.05 Å². The van der Waals surface area contributed by atoms with E-state index in [2.05, 4.69) is 15.5 Å². The zero-order chi connectivity index (χ0) is 19.8. The Labute approximate surface area is 162 Å². The highest BCUT2D eigenvalue weighted by molar-refractivity contribution is 7.99. The van der Waals surface area contributed by atoms with Gasteiger partial charge >= 0.3 is 0 Å². The molecule has 9 nitrogen and oxygen atoms in total. The van der Waals surface area contributed by atoms with Gasteiger partial charge in [0, 0.05) is 21.1 Å². The van der Waals surface area contributed by atoms with Gasteiger partial charge in [-0.2, -0.15) is 0 Å². The fourth-order valence-corrected chi connectivity index (χ4v) is 2.69. The average Bonchev–Trinajstić information content (AvgIpc) is 3.02. The van der Waals surface area contributed by atoms with Crippen LogP contribution in [0.2, 0.25) is 0 Å². The van der Waals surface area contributed by atoms with Gasteiger partial charge in [0.1, 0.15) is 18.1 Å². The molecule has 0 radical (unpaired) electrons. The van der Waals surface area contributed by atoms with Gasteiger partial charge in [0.2, 0.25) is 11.8 Å². The van der Waals surface area contributed by atoms with E-state index in [0.717, 1.165) is 5.75 Å². The molecule has 0 bridgehead atoms. The van der Waals surface area contributed by atoms with Crippen molar-refractivity contribution < 1.29 is 19.1 Å². The minimum absolute atomic E-state index is 0.0217. The molecule has 0 aliphatic rings. The number of methoxy groups -OCH3 is 1. The number of aromatic nitrogens is 3. The molecule has 1 aromatic heterocycles. The highest BCUT2D eigenvalue weighted by Gasteiger charge is 2.13. The van der Waals surface area contributed by atoms with Crippen LogP contribution in [0.1, 0.15) is 5.82 Å². The molecule has 146 valence electrons. The summed E-state index contributed by atoms with van der Waals surface area (Å²) >= 11 is 1.24. The molecule has 0 saturated heterocycles. The van der Waals surface area contributed by atoms with E-state index in [0.29, 0.717) is 16.7 Å². The highest BCUT2D eigenvalue weighted by atomic mass is 32.2. The topological polar surface area (TPSA) is 98.6 Å². The molecule has 0 spiro atoms. The number of thioether (sulfide) groups is 1. The zero-order valence-corrected chi connectivity index (χ0v) is 16.6. The molecular formula is C17H23N5O4S. The maximum absolute atomic E-state index is 11.8. The summed E-state index contributed by atoms with van der Waals surface area (Å²) in [5.74, 6) is 1.82. The zero-order valence-electron chi connectivity index (χ0n) is 15.8. The molecule has 2 aromatic rings. The molecule has 2 rings (SSSR count). The molecule has 0 fully saturated rings. The summed E-state index contributed by atoms with van der Waals surface area (Å²) in [7, 11) is 6.69. The van der Waals surface area contributed by atoms with Gasteiger partial charge in [0.25, 0.3) is 0 Å². The van der Waals surface area contributed by atoms with E-state index in [1.54, 1.807) is 25.8 Å². The predicted molar refractivity (Wildman–Crippen MR) is 101 cm³/mol. The summed E-state index contributed by atoms with van der Waals surface area (Å²) in [4.78, 5) is 24.7. The van der Waals surface area contributed by atoms with Gasteiger partial charge in [0.15, 0.2) is 11.0 Å². The third kappa shape index (κ3) is 6.17. The number of carbonyl (C=O) groups excluding carboxylic acids is 2. The number of nitrogens with zero attached hydrogens (tertiary/aromatic N) is 4. The van der Waals surface area contributed by atoms with E-state index in [1.807, 2.05) is 31.3 Å². The lowest BCUT2D eigenvalue weighted by molar-refractivity contribution is -0.130. The van der Waals surface area contributed by atoms with Crippen molar-refractivity contribution in [1.82, 2.24) is 25.0 Å². The fourth-order valence-electron chi connectivity index (χ4n) is 1.93. The number of amides is 2. The van der Waals surface area contributed by atoms with Crippen LogP contribution in [-0.2, 0) is 23.2 Å². The van der Waals surface area contributed by atoms with E-state index >= 15 is 0 Å². The summed E-state index contributed by atoms with van der Waals surface area (Å²) in [6.45, 7) is 0.228. The number of carbonyl (C=O) groups is 2. The summed E-state index contributed by atoms with van der Waals surface area (Å²) in [5, 5.41) is 11.3. The van der Waals surface area contributed by atoms with Crippen LogP contribution in [0, 0.1) is 0 Å². The Morgan fingerprint density at radius 1 is 1.19 bits per heavy atom. The van der Waals surface area contributed by atoms with E-state index in [1.165, 1.54) is 16.7 Å². The summed E-state index contributed by atoms with van der Waals surface area (Å²) in [6.07, 6.45) is 0. The Kier molecular flexibility index (Phi) is 7.47. The van der Waals surface area contributed by atoms with Gasteiger partial charge in [-0.25, -0.2) is 0 Å². The molecule has 0 aliphatic carbocycles. The Balaban J connectivity index is 1.81. The van der Waals surface area contributed by atoms with Crippen LogP contribution in [0.15, 0.2) is 29.4 Å². The number of ether oxygens (including phenoxy) is 2.